The van der Waals surface area contributed by atoms with Crippen LogP contribution in [0.3, 0.4) is 0 Å². The monoisotopic (exact) mass is 245 g/mol. The molecule has 1 aromatic rings. The van der Waals surface area contributed by atoms with E-state index in [0.29, 0.717) is 13.0 Å². The van der Waals surface area contributed by atoms with Gasteiger partial charge >= 0.3 is 0 Å². The van der Waals surface area contributed by atoms with E-state index in [0.717, 1.165) is 17.7 Å². The predicted octanol–water partition coefficient (Wildman–Crippen LogP) is 1.86. The fraction of sp³-hybridized carbons (Fsp3) is 0.286. The van der Waals surface area contributed by atoms with E-state index in [1.807, 2.05) is 24.3 Å². The number of nitrogens with zero attached hydrogens (tertiary/aromatic N) is 1. The van der Waals surface area contributed by atoms with Gasteiger partial charge in [0, 0.05) is 19.0 Å². The number of ether oxygens (including phenoxy) is 1. The van der Waals surface area contributed by atoms with Gasteiger partial charge in [0.1, 0.15) is 5.75 Å². The molecule has 2 rings (SSSR count). The molecule has 1 aliphatic heterocycles. The lowest BCUT2D eigenvalue weighted by molar-refractivity contribution is -0.138. The first kappa shape index (κ1) is 12.4. The Kier molecular flexibility index (Phi) is 3.77. The summed E-state index contributed by atoms with van der Waals surface area (Å²) in [6.45, 7) is 0.532. The Labute approximate surface area is 106 Å². The average molecular weight is 245 g/mol. The number of hydrogen-bond acceptors (Lipinski definition) is 3. The maximum absolute atomic E-state index is 11.7. The van der Waals surface area contributed by atoms with Gasteiger partial charge in [-0.3, -0.25) is 14.5 Å². The molecule has 0 radical (unpaired) electrons. The van der Waals surface area contributed by atoms with Crippen molar-refractivity contribution in [3.05, 3.63) is 35.9 Å². The standard InChI is InChI=1S/C14H15NO3/c1-18-12-7-4-11(5-8-12)6-9-14(17)15-10-2-3-13(15)16/h4-9H,2-3,10H2,1H3. The van der Waals surface area contributed by atoms with Crippen molar-refractivity contribution in [2.45, 2.75) is 12.8 Å². The largest absolute Gasteiger partial charge is 0.497 e. The molecular weight excluding hydrogens is 230 g/mol. The van der Waals surface area contributed by atoms with Crippen molar-refractivity contribution >= 4 is 17.9 Å². The summed E-state index contributed by atoms with van der Waals surface area (Å²) in [7, 11) is 1.60. The highest BCUT2D eigenvalue weighted by molar-refractivity contribution is 6.03. The van der Waals surface area contributed by atoms with Gasteiger partial charge < -0.3 is 4.74 Å². The highest BCUT2D eigenvalue weighted by atomic mass is 16.5. The lowest BCUT2D eigenvalue weighted by Gasteiger charge is -2.09. The Morgan fingerprint density at radius 1 is 1.33 bits per heavy atom. The molecule has 4 nitrogen and oxygen atoms in total. The molecule has 0 aromatic heterocycles. The van der Waals surface area contributed by atoms with Gasteiger partial charge in [-0.15, -0.1) is 0 Å². The van der Waals surface area contributed by atoms with Gasteiger partial charge in [0.25, 0.3) is 5.91 Å². The van der Waals surface area contributed by atoms with Gasteiger partial charge in [-0.05, 0) is 30.2 Å². The van der Waals surface area contributed by atoms with Crippen LogP contribution in [0, 0.1) is 0 Å². The molecule has 1 aliphatic rings. The molecule has 0 aliphatic carbocycles. The van der Waals surface area contributed by atoms with Crippen LogP contribution >= 0.6 is 0 Å². The maximum Gasteiger partial charge on any atom is 0.253 e. The normalized spacial score (nSPS) is 15.4. The second-order valence-corrected chi connectivity index (χ2v) is 4.09. The van der Waals surface area contributed by atoms with Crippen LogP contribution in [0.15, 0.2) is 30.3 Å². The maximum atomic E-state index is 11.7. The van der Waals surface area contributed by atoms with Crippen LogP contribution in [0.25, 0.3) is 6.08 Å². The van der Waals surface area contributed by atoms with Crippen LogP contribution in [0.2, 0.25) is 0 Å². The first-order valence-electron chi connectivity index (χ1n) is 5.87. The lowest BCUT2D eigenvalue weighted by atomic mass is 10.2. The minimum atomic E-state index is -0.242. The number of hydrogen-bond donors (Lipinski definition) is 0. The van der Waals surface area contributed by atoms with Crippen molar-refractivity contribution in [2.24, 2.45) is 0 Å². The third-order valence-electron chi connectivity index (χ3n) is 2.87. The topological polar surface area (TPSA) is 46.6 Å². The van der Waals surface area contributed by atoms with E-state index in [1.165, 1.54) is 11.0 Å². The highest BCUT2D eigenvalue weighted by Gasteiger charge is 2.24. The smallest absolute Gasteiger partial charge is 0.253 e. The molecule has 2 amide bonds. The minimum Gasteiger partial charge on any atom is -0.497 e. The van der Waals surface area contributed by atoms with E-state index in [4.69, 9.17) is 4.74 Å². The van der Waals surface area contributed by atoms with Crippen LogP contribution in [-0.4, -0.2) is 30.4 Å². The summed E-state index contributed by atoms with van der Waals surface area (Å²) in [5.74, 6) is 0.445. The van der Waals surface area contributed by atoms with E-state index >= 15 is 0 Å². The SMILES string of the molecule is COc1ccc(C=CC(=O)N2CCCC2=O)cc1. The number of likely N-dealkylation sites (tertiary alicyclic amines) is 1. The molecule has 0 spiro atoms. The third kappa shape index (κ3) is 2.77. The molecule has 1 fully saturated rings. The number of amides is 2. The number of imide groups is 1. The number of carbonyl (C=O) groups excluding carboxylic acids is 2. The summed E-state index contributed by atoms with van der Waals surface area (Å²) in [6, 6.07) is 7.36. The van der Waals surface area contributed by atoms with Crippen molar-refractivity contribution in [3.8, 4) is 5.75 Å². The molecule has 0 unspecified atom stereocenters. The Morgan fingerprint density at radius 2 is 2.06 bits per heavy atom. The number of carbonyl (C=O) groups is 2. The van der Waals surface area contributed by atoms with Crippen molar-refractivity contribution < 1.29 is 14.3 Å². The van der Waals surface area contributed by atoms with E-state index in [2.05, 4.69) is 0 Å². The zero-order valence-electron chi connectivity index (χ0n) is 10.3. The van der Waals surface area contributed by atoms with E-state index in [-0.39, 0.29) is 11.8 Å². The molecule has 0 N–H and O–H groups in total. The Balaban J connectivity index is 2.01. The lowest BCUT2D eigenvalue weighted by Crippen LogP contribution is -2.30. The number of rotatable bonds is 3. The zero-order valence-corrected chi connectivity index (χ0v) is 10.3. The molecule has 0 saturated carbocycles. The molecular formula is C14H15NO3. The van der Waals surface area contributed by atoms with Crippen molar-refractivity contribution in [1.82, 2.24) is 4.90 Å². The summed E-state index contributed by atoms with van der Waals surface area (Å²) in [6.07, 6.45) is 4.38. The van der Waals surface area contributed by atoms with Crippen molar-refractivity contribution in [3.63, 3.8) is 0 Å². The van der Waals surface area contributed by atoms with E-state index in [1.54, 1.807) is 13.2 Å². The first-order valence-corrected chi connectivity index (χ1v) is 5.87. The summed E-state index contributed by atoms with van der Waals surface area (Å²) in [5, 5.41) is 0. The molecule has 1 heterocycles. The fourth-order valence-corrected chi connectivity index (χ4v) is 1.85. The van der Waals surface area contributed by atoms with E-state index < -0.39 is 0 Å². The average Bonchev–Trinajstić information content (AvgIpc) is 2.83. The molecule has 94 valence electrons. The zero-order chi connectivity index (χ0) is 13.0. The molecule has 18 heavy (non-hydrogen) atoms. The first-order chi connectivity index (χ1) is 8.70. The van der Waals surface area contributed by atoms with E-state index in [9.17, 15) is 9.59 Å². The Hall–Kier alpha value is -2.10. The Bertz CT molecular complexity index is 476. The fourth-order valence-electron chi connectivity index (χ4n) is 1.85. The molecule has 0 bridgehead atoms. The third-order valence-corrected chi connectivity index (χ3v) is 2.87. The van der Waals surface area contributed by atoms with Crippen molar-refractivity contribution in [2.75, 3.05) is 13.7 Å². The summed E-state index contributed by atoms with van der Waals surface area (Å²) < 4.78 is 5.05. The van der Waals surface area contributed by atoms with Crippen LogP contribution in [-0.2, 0) is 9.59 Å². The predicted molar refractivity (Wildman–Crippen MR) is 68.0 cm³/mol. The Morgan fingerprint density at radius 3 is 2.61 bits per heavy atom. The van der Waals surface area contributed by atoms with Gasteiger partial charge in [-0.25, -0.2) is 0 Å². The molecule has 1 saturated heterocycles. The second-order valence-electron chi connectivity index (χ2n) is 4.09. The quantitative estimate of drug-likeness (QED) is 0.763. The van der Waals surface area contributed by atoms with Gasteiger partial charge in [0.15, 0.2) is 0 Å². The van der Waals surface area contributed by atoms with Crippen LogP contribution in [0.1, 0.15) is 18.4 Å². The van der Waals surface area contributed by atoms with Crippen LogP contribution in [0.5, 0.6) is 5.75 Å². The summed E-state index contributed by atoms with van der Waals surface area (Å²) in [5.41, 5.74) is 0.899. The van der Waals surface area contributed by atoms with Gasteiger partial charge in [-0.2, -0.15) is 0 Å². The van der Waals surface area contributed by atoms with Gasteiger partial charge in [0.2, 0.25) is 5.91 Å². The number of benzene rings is 1. The molecule has 1 aromatic carbocycles. The molecule has 4 heteroatoms. The summed E-state index contributed by atoms with van der Waals surface area (Å²) >= 11 is 0. The van der Waals surface area contributed by atoms with Gasteiger partial charge in [0.05, 0.1) is 7.11 Å². The van der Waals surface area contributed by atoms with Crippen LogP contribution < -0.4 is 4.74 Å². The van der Waals surface area contributed by atoms with Crippen molar-refractivity contribution in [1.29, 1.82) is 0 Å². The van der Waals surface area contributed by atoms with Crippen LogP contribution in [0.4, 0.5) is 0 Å². The highest BCUT2D eigenvalue weighted by Crippen LogP contribution is 2.14. The second kappa shape index (κ2) is 5.49. The number of methoxy groups -OCH3 is 1. The molecule has 0 atom stereocenters. The summed E-state index contributed by atoms with van der Waals surface area (Å²) in [4.78, 5) is 24.4. The minimum absolute atomic E-state index is 0.0839. The van der Waals surface area contributed by atoms with Gasteiger partial charge in [-0.1, -0.05) is 12.1 Å².